The first kappa shape index (κ1) is 25.3. The van der Waals surface area contributed by atoms with Crippen molar-refractivity contribution >= 4 is 40.1 Å². The Morgan fingerprint density at radius 3 is 2.68 bits per heavy atom. The van der Waals surface area contributed by atoms with Crippen molar-refractivity contribution in [3.8, 4) is 10.6 Å². The van der Waals surface area contributed by atoms with Gasteiger partial charge < -0.3 is 16.1 Å². The molecule has 0 spiro atoms. The minimum atomic E-state index is -0.537. The highest BCUT2D eigenvalue weighted by molar-refractivity contribution is 7.13. The molecule has 0 saturated heterocycles. The summed E-state index contributed by atoms with van der Waals surface area (Å²) >= 11 is 1.51. The van der Waals surface area contributed by atoms with Crippen LogP contribution in [0.25, 0.3) is 31.9 Å². The number of benzene rings is 2. The van der Waals surface area contributed by atoms with Gasteiger partial charge in [-0.15, -0.1) is 11.3 Å². The topological polar surface area (TPSA) is 168 Å². The van der Waals surface area contributed by atoms with Gasteiger partial charge in [-0.25, -0.2) is 15.8 Å². The average Bonchev–Trinajstić information content (AvgIpc) is 3.48. The summed E-state index contributed by atoms with van der Waals surface area (Å²) in [5.41, 5.74) is 12.0. The Morgan fingerprint density at radius 1 is 1.19 bits per heavy atom. The lowest BCUT2D eigenvalue weighted by molar-refractivity contribution is 0.0814. The lowest BCUT2D eigenvalue weighted by atomic mass is 10.1. The zero-order valence-electron chi connectivity index (χ0n) is 19.6. The zero-order chi connectivity index (χ0) is 26.2. The lowest BCUT2D eigenvalue weighted by Gasteiger charge is -2.22. The average molecular weight is 510 g/mol. The van der Waals surface area contributed by atoms with E-state index in [-0.39, 0.29) is 18.0 Å². The van der Waals surface area contributed by atoms with Gasteiger partial charge in [0.2, 0.25) is 0 Å². The third-order valence-electron chi connectivity index (χ3n) is 5.49. The molecule has 184 valence electrons. The van der Waals surface area contributed by atoms with Crippen molar-refractivity contribution in [2.45, 2.75) is 6.54 Å². The number of nitrogens with zero attached hydrogens (tertiary/aromatic N) is 5. The summed E-state index contributed by atoms with van der Waals surface area (Å²) in [7, 11) is 0. The van der Waals surface area contributed by atoms with Crippen LogP contribution in [0.3, 0.4) is 0 Å². The summed E-state index contributed by atoms with van der Waals surface area (Å²) in [5.74, 6) is 5.76. The van der Waals surface area contributed by atoms with Gasteiger partial charge in [-0.2, -0.15) is 0 Å². The number of pyridine rings is 1. The molecule has 10 nitrogen and oxygen atoms in total. The predicted octanol–water partition coefficient (Wildman–Crippen LogP) is 5.24. The maximum absolute atomic E-state index is 13.7. The fourth-order valence-corrected chi connectivity index (χ4v) is 4.31. The van der Waals surface area contributed by atoms with Crippen molar-refractivity contribution in [3.05, 3.63) is 111 Å². The first-order valence-corrected chi connectivity index (χ1v) is 12.0. The molecular weight excluding hydrogens is 486 g/mol. The molecule has 11 heteroatoms. The van der Waals surface area contributed by atoms with E-state index in [1.165, 1.54) is 23.8 Å². The maximum atomic E-state index is 13.7. The van der Waals surface area contributed by atoms with Gasteiger partial charge in [-0.1, -0.05) is 53.6 Å². The first-order chi connectivity index (χ1) is 18.0. The smallest absolute Gasteiger partial charge is 0.273 e. The summed E-state index contributed by atoms with van der Waals surface area (Å²) in [4.78, 5) is 22.0. The van der Waals surface area contributed by atoms with E-state index < -0.39 is 5.91 Å². The zero-order valence-corrected chi connectivity index (χ0v) is 20.4. The summed E-state index contributed by atoms with van der Waals surface area (Å²) in [6.45, 7) is 0.107. The van der Waals surface area contributed by atoms with Gasteiger partial charge in [-0.3, -0.25) is 4.79 Å². The SMILES string of the molecule is [N-]=[N+]=NCC(=N)/C(=C\NCc1ccc(C=N)cc1)N(N)C(=O)c1cc(-c2cccs2)nc2ccccc12. The number of amides is 1. The lowest BCUT2D eigenvalue weighted by Crippen LogP contribution is -2.40. The molecule has 0 aliphatic carbocycles. The highest BCUT2D eigenvalue weighted by Crippen LogP contribution is 2.28. The Kier molecular flexibility index (Phi) is 8.01. The number of para-hydroxylation sites is 1. The minimum absolute atomic E-state index is 0.0621. The van der Waals surface area contributed by atoms with Crippen LogP contribution in [-0.2, 0) is 6.54 Å². The van der Waals surface area contributed by atoms with E-state index in [9.17, 15) is 4.79 Å². The third-order valence-corrected chi connectivity index (χ3v) is 6.38. The molecule has 1 amide bonds. The number of carbonyl (C=O) groups is 1. The molecule has 2 heterocycles. The van der Waals surface area contributed by atoms with Crippen LogP contribution in [0.1, 0.15) is 21.5 Å². The minimum Gasteiger partial charge on any atom is -0.385 e. The number of nitrogens with two attached hydrogens (primary N) is 1. The Labute approximate surface area is 216 Å². The van der Waals surface area contributed by atoms with Crippen molar-refractivity contribution in [2.75, 3.05) is 6.54 Å². The van der Waals surface area contributed by atoms with Crippen molar-refractivity contribution in [2.24, 2.45) is 11.0 Å². The van der Waals surface area contributed by atoms with Gasteiger partial charge in [0, 0.05) is 29.3 Å². The van der Waals surface area contributed by atoms with Crippen LogP contribution in [0.15, 0.2) is 89.1 Å². The van der Waals surface area contributed by atoms with E-state index in [0.717, 1.165) is 21.0 Å². The van der Waals surface area contributed by atoms with Crippen LogP contribution in [-0.4, -0.2) is 34.4 Å². The number of fused-ring (bicyclic) bond motifs is 1. The fourth-order valence-electron chi connectivity index (χ4n) is 3.62. The molecule has 4 aromatic rings. The summed E-state index contributed by atoms with van der Waals surface area (Å²) in [6.07, 6.45) is 2.72. The molecule has 2 aromatic carbocycles. The molecule has 0 saturated carbocycles. The molecule has 0 bridgehead atoms. The monoisotopic (exact) mass is 509 g/mol. The largest absolute Gasteiger partial charge is 0.385 e. The van der Waals surface area contributed by atoms with E-state index in [1.54, 1.807) is 12.1 Å². The molecular formula is C26H23N9OS. The highest BCUT2D eigenvalue weighted by atomic mass is 32.1. The maximum Gasteiger partial charge on any atom is 0.273 e. The molecule has 0 radical (unpaired) electrons. The van der Waals surface area contributed by atoms with Gasteiger partial charge in [0.05, 0.1) is 39.6 Å². The summed E-state index contributed by atoms with van der Waals surface area (Å²) in [5, 5.41) is 25.7. The van der Waals surface area contributed by atoms with E-state index in [1.807, 2.05) is 60.0 Å². The quantitative estimate of drug-likeness (QED) is 0.0436. The number of carbonyl (C=O) groups excluding carboxylic acids is 1. The van der Waals surface area contributed by atoms with Gasteiger partial charge in [-0.05, 0) is 40.2 Å². The normalized spacial score (nSPS) is 11.0. The standard InChI is InChI=1S/C26H23N9OS/c27-13-17-7-9-18(10-8-17)14-31-16-24(21(28)15-32-34-29)35(30)26(36)20-12-23(25-6-3-11-37-25)33-22-5-2-1-4-19(20)22/h1-13,16,27-28,31H,14-15,30H2/b24-16+,27-13?,28-21?. The van der Waals surface area contributed by atoms with Crippen molar-refractivity contribution in [1.29, 1.82) is 10.8 Å². The van der Waals surface area contributed by atoms with Crippen molar-refractivity contribution in [1.82, 2.24) is 15.3 Å². The summed E-state index contributed by atoms with van der Waals surface area (Å²) < 4.78 is 0. The van der Waals surface area contributed by atoms with Gasteiger partial charge >= 0.3 is 0 Å². The number of azide groups is 1. The fraction of sp³-hybridized carbons (Fsp3) is 0.0769. The molecule has 37 heavy (non-hydrogen) atoms. The van der Waals surface area contributed by atoms with Crippen LogP contribution in [0, 0.1) is 10.8 Å². The Morgan fingerprint density at radius 2 is 1.97 bits per heavy atom. The Hall–Kier alpha value is -4.83. The molecule has 2 aromatic heterocycles. The number of thiophene rings is 1. The van der Waals surface area contributed by atoms with Crippen LogP contribution in [0.5, 0.6) is 0 Å². The molecule has 5 N–H and O–H groups in total. The van der Waals surface area contributed by atoms with Crippen LogP contribution >= 0.6 is 11.3 Å². The second kappa shape index (κ2) is 11.7. The van der Waals surface area contributed by atoms with Gasteiger partial charge in [0.1, 0.15) is 0 Å². The van der Waals surface area contributed by atoms with E-state index in [0.29, 0.717) is 28.7 Å². The molecule has 0 aliphatic rings. The number of rotatable bonds is 10. The second-order valence-corrected chi connectivity index (χ2v) is 8.84. The molecule has 0 unspecified atom stereocenters. The number of hydrogen-bond acceptors (Lipinski definition) is 8. The number of hydrogen-bond donors (Lipinski definition) is 4. The van der Waals surface area contributed by atoms with Crippen molar-refractivity contribution in [3.63, 3.8) is 0 Å². The second-order valence-electron chi connectivity index (χ2n) is 7.89. The number of hydrazine groups is 1. The van der Waals surface area contributed by atoms with Gasteiger partial charge in [0.15, 0.2) is 0 Å². The van der Waals surface area contributed by atoms with Crippen molar-refractivity contribution < 1.29 is 4.79 Å². The van der Waals surface area contributed by atoms with Crippen LogP contribution in [0.2, 0.25) is 0 Å². The molecule has 4 rings (SSSR count). The van der Waals surface area contributed by atoms with Crippen LogP contribution < -0.4 is 11.2 Å². The third kappa shape index (κ3) is 5.88. The van der Waals surface area contributed by atoms with Crippen LogP contribution in [0.4, 0.5) is 0 Å². The molecule has 0 aliphatic heterocycles. The number of aromatic nitrogens is 1. The highest BCUT2D eigenvalue weighted by Gasteiger charge is 2.23. The summed E-state index contributed by atoms with van der Waals surface area (Å²) in [6, 6.07) is 20.2. The molecule has 0 atom stereocenters. The van der Waals surface area contributed by atoms with E-state index >= 15 is 0 Å². The van der Waals surface area contributed by atoms with E-state index in [4.69, 9.17) is 27.2 Å². The number of nitrogens with one attached hydrogen (secondary N) is 3. The predicted molar refractivity (Wildman–Crippen MR) is 146 cm³/mol. The molecule has 0 fully saturated rings. The Balaban J connectivity index is 1.67. The Bertz CT molecular complexity index is 1520. The van der Waals surface area contributed by atoms with Gasteiger partial charge in [0.25, 0.3) is 5.91 Å². The first-order valence-electron chi connectivity index (χ1n) is 11.2. The van der Waals surface area contributed by atoms with E-state index in [2.05, 4.69) is 15.3 Å².